The van der Waals surface area contributed by atoms with Gasteiger partial charge in [-0.05, 0) is 19.4 Å². The summed E-state index contributed by atoms with van der Waals surface area (Å²) < 4.78 is 117. The molecule has 4 atom stereocenters. The quantitative estimate of drug-likeness (QED) is 0.216. The van der Waals surface area contributed by atoms with Crippen LogP contribution in [0.4, 0.5) is 48.3 Å². The Hall–Kier alpha value is -3.10. The summed E-state index contributed by atoms with van der Waals surface area (Å²) >= 11 is 1.08. The van der Waals surface area contributed by atoms with Crippen LogP contribution in [0.15, 0.2) is 12.3 Å². The molecule has 1 saturated carbocycles. The maximum atomic E-state index is 13.9. The number of alkyl halides is 7. The zero-order chi connectivity index (χ0) is 31.4. The Morgan fingerprint density at radius 3 is 2.36 bits per heavy atom. The average Bonchev–Trinajstić information content (AvgIpc) is 3.38. The molecule has 0 spiro atoms. The van der Waals surface area contributed by atoms with Crippen LogP contribution in [0.2, 0.25) is 0 Å². The Kier molecular flexibility index (Phi) is 8.24. The van der Waals surface area contributed by atoms with E-state index in [-0.39, 0.29) is 34.3 Å². The van der Waals surface area contributed by atoms with Crippen molar-refractivity contribution in [2.75, 3.05) is 34.9 Å². The van der Waals surface area contributed by atoms with Gasteiger partial charge in [-0.2, -0.15) is 35.7 Å². The molecule has 232 valence electrons. The van der Waals surface area contributed by atoms with Crippen LogP contribution in [0.3, 0.4) is 0 Å². The van der Waals surface area contributed by atoms with E-state index in [2.05, 4.69) is 25.3 Å². The molecule has 20 heteroatoms. The highest BCUT2D eigenvalue weighted by Crippen LogP contribution is 2.46. The molecule has 11 nitrogen and oxygen atoms in total. The van der Waals surface area contributed by atoms with Crippen LogP contribution >= 0.6 is 11.3 Å². The number of thiazole rings is 1. The third-order valence-electron chi connectivity index (χ3n) is 6.56. The summed E-state index contributed by atoms with van der Waals surface area (Å²) in [5.41, 5.74) is 6.31. The van der Waals surface area contributed by atoms with Crippen molar-refractivity contribution in [1.82, 2.24) is 19.9 Å². The van der Waals surface area contributed by atoms with Gasteiger partial charge in [0.25, 0.3) is 0 Å². The molecule has 4 rings (SSSR count). The van der Waals surface area contributed by atoms with Gasteiger partial charge in [0.15, 0.2) is 5.82 Å². The first-order valence-corrected chi connectivity index (χ1v) is 14.9. The van der Waals surface area contributed by atoms with Gasteiger partial charge >= 0.3 is 18.0 Å². The van der Waals surface area contributed by atoms with Gasteiger partial charge in [-0.15, -0.1) is 11.3 Å². The molecule has 0 aliphatic heterocycles. The summed E-state index contributed by atoms with van der Waals surface area (Å²) in [5, 5.41) is 25.8. The van der Waals surface area contributed by atoms with Crippen LogP contribution in [-0.2, 0) is 9.84 Å². The van der Waals surface area contributed by atoms with Crippen molar-refractivity contribution in [2.45, 2.75) is 49.6 Å². The number of nitrogens with two attached hydrogens (primary N) is 1. The van der Waals surface area contributed by atoms with Crippen molar-refractivity contribution < 1.29 is 49.4 Å². The average molecular weight is 648 g/mol. The van der Waals surface area contributed by atoms with Gasteiger partial charge in [0.05, 0.1) is 40.4 Å². The Labute approximate surface area is 237 Å². The second kappa shape index (κ2) is 10.9. The van der Waals surface area contributed by atoms with Crippen LogP contribution < -0.4 is 16.4 Å². The van der Waals surface area contributed by atoms with Gasteiger partial charge in [0.2, 0.25) is 5.95 Å². The fourth-order valence-corrected chi connectivity index (χ4v) is 6.68. The molecule has 0 bridgehead atoms. The number of aromatic nitrogens is 4. The van der Waals surface area contributed by atoms with E-state index in [4.69, 9.17) is 5.73 Å². The van der Waals surface area contributed by atoms with Crippen LogP contribution in [0, 0.1) is 12.8 Å². The lowest BCUT2D eigenvalue weighted by atomic mass is 10.1. The normalized spacial score (nSPS) is 22.1. The number of aliphatic hydroxyl groups excluding tert-OH is 2. The number of hydrogen-bond acceptors (Lipinski definition) is 12. The number of halogens is 7. The number of pyridine rings is 1. The van der Waals surface area contributed by atoms with Crippen molar-refractivity contribution in [3.05, 3.63) is 18.0 Å². The number of rotatable bonds is 9. The molecule has 0 unspecified atom stereocenters. The SMILES string of the molecule is Cc1nc(NCC(F)(F)C(F)(F)C(F)(F)F)nc(N[C@@H]2C[C@H](CS(C)(=O)=O)[C@@H](O)[C@H]2O)c1-c1nc2c(N)nccc2s1. The summed E-state index contributed by atoms with van der Waals surface area (Å²) in [4.78, 5) is 16.3. The minimum atomic E-state index is -6.53. The molecule has 0 aromatic carbocycles. The van der Waals surface area contributed by atoms with Crippen molar-refractivity contribution >= 4 is 49.0 Å². The number of aryl methyl sites for hydroxylation is 1. The first-order valence-electron chi connectivity index (χ1n) is 12.0. The summed E-state index contributed by atoms with van der Waals surface area (Å²) in [7, 11) is -3.56. The van der Waals surface area contributed by atoms with E-state index in [1.807, 2.05) is 0 Å². The maximum Gasteiger partial charge on any atom is 0.459 e. The number of fused-ring (bicyclic) bond motifs is 1. The minimum Gasteiger partial charge on any atom is -0.390 e. The third-order valence-corrected chi connectivity index (χ3v) is 8.64. The molecule has 0 radical (unpaired) electrons. The molecule has 3 aromatic heterocycles. The number of nitrogen functional groups attached to an aromatic ring is 1. The fourth-order valence-electron chi connectivity index (χ4n) is 4.50. The summed E-state index contributed by atoms with van der Waals surface area (Å²) in [6.45, 7) is -0.835. The Morgan fingerprint density at radius 1 is 1.10 bits per heavy atom. The molecular formula is C22H24F7N7O4S2. The van der Waals surface area contributed by atoms with E-state index >= 15 is 0 Å². The molecule has 6 N–H and O–H groups in total. The first-order chi connectivity index (χ1) is 19.2. The van der Waals surface area contributed by atoms with E-state index in [0.717, 1.165) is 17.6 Å². The second-order valence-corrected chi connectivity index (χ2v) is 13.1. The Balaban J connectivity index is 1.73. The molecule has 42 heavy (non-hydrogen) atoms. The number of aliphatic hydroxyl groups is 2. The van der Waals surface area contributed by atoms with E-state index < -0.39 is 70.3 Å². The number of anilines is 3. The fraction of sp³-hybridized carbons (Fsp3) is 0.545. The number of sulfone groups is 1. The maximum absolute atomic E-state index is 13.9. The Bertz CT molecular complexity index is 1590. The third kappa shape index (κ3) is 6.16. The first kappa shape index (κ1) is 31.8. The van der Waals surface area contributed by atoms with E-state index in [0.29, 0.717) is 10.2 Å². The van der Waals surface area contributed by atoms with E-state index in [1.54, 1.807) is 11.4 Å². The second-order valence-electron chi connectivity index (χ2n) is 9.87. The van der Waals surface area contributed by atoms with E-state index in [1.165, 1.54) is 13.1 Å². The van der Waals surface area contributed by atoms with Crippen LogP contribution in [0.1, 0.15) is 12.1 Å². The monoisotopic (exact) mass is 647 g/mol. The van der Waals surface area contributed by atoms with Gasteiger partial charge in [0.1, 0.15) is 32.3 Å². The highest BCUT2D eigenvalue weighted by Gasteiger charge is 2.72. The molecule has 3 aromatic rings. The van der Waals surface area contributed by atoms with Crippen LogP contribution in [0.25, 0.3) is 20.8 Å². The molecule has 1 aliphatic rings. The highest BCUT2D eigenvalue weighted by atomic mass is 32.2. The van der Waals surface area contributed by atoms with Crippen LogP contribution in [-0.4, -0.2) is 93.4 Å². The van der Waals surface area contributed by atoms with Crippen molar-refractivity contribution in [1.29, 1.82) is 0 Å². The van der Waals surface area contributed by atoms with Gasteiger partial charge < -0.3 is 26.6 Å². The van der Waals surface area contributed by atoms with Crippen LogP contribution in [0.5, 0.6) is 0 Å². The smallest absolute Gasteiger partial charge is 0.390 e. The molecule has 1 fully saturated rings. The van der Waals surface area contributed by atoms with Crippen molar-refractivity contribution in [3.8, 4) is 10.6 Å². The van der Waals surface area contributed by atoms with Crippen molar-refractivity contribution in [2.24, 2.45) is 5.92 Å². The lowest BCUT2D eigenvalue weighted by Gasteiger charge is -2.28. The van der Waals surface area contributed by atoms with E-state index in [9.17, 15) is 49.4 Å². The predicted molar refractivity (Wildman–Crippen MR) is 139 cm³/mol. The van der Waals surface area contributed by atoms with Gasteiger partial charge in [0, 0.05) is 18.4 Å². The molecule has 3 heterocycles. The minimum absolute atomic E-state index is 0.00667. The standard InChI is InChI=1S/C22H24F7N7O4S2/c1-8-12(18-35-13-11(41-18)3-4-31-16(13)30)17(34-10-5-9(6-42(2,39)40)14(37)15(10)38)36-19(33-8)32-7-20(23,24)21(25,26)22(27,28)29/h3-4,9-10,14-15,37-38H,5-7H2,1-2H3,(H2,30,31)(H2,32,33,34,36)/t9-,10-,14-,15+/m1/s1. The summed E-state index contributed by atoms with van der Waals surface area (Å²) in [6, 6.07) is 0.548. The molecule has 0 saturated heterocycles. The molecule has 0 amide bonds. The van der Waals surface area contributed by atoms with Gasteiger partial charge in [-0.25, -0.2) is 23.4 Å². The number of hydrogen-bond donors (Lipinski definition) is 5. The number of nitrogens with one attached hydrogen (secondary N) is 2. The van der Waals surface area contributed by atoms with Gasteiger partial charge in [-0.1, -0.05) is 0 Å². The number of nitrogens with zero attached hydrogens (tertiary/aromatic N) is 4. The Morgan fingerprint density at radius 2 is 1.76 bits per heavy atom. The predicted octanol–water partition coefficient (Wildman–Crippen LogP) is 2.85. The molecular weight excluding hydrogens is 623 g/mol. The zero-order valence-electron chi connectivity index (χ0n) is 21.6. The van der Waals surface area contributed by atoms with Crippen molar-refractivity contribution in [3.63, 3.8) is 0 Å². The molecule has 1 aliphatic carbocycles. The van der Waals surface area contributed by atoms with Gasteiger partial charge in [-0.3, -0.25) is 0 Å². The summed E-state index contributed by atoms with van der Waals surface area (Å²) in [6.07, 6.45) is -7.25. The highest BCUT2D eigenvalue weighted by molar-refractivity contribution is 7.90. The largest absolute Gasteiger partial charge is 0.459 e. The lowest BCUT2D eigenvalue weighted by molar-refractivity contribution is -0.350. The summed E-state index contributed by atoms with van der Waals surface area (Å²) in [5.74, 6) is -14.2. The zero-order valence-corrected chi connectivity index (χ0v) is 23.3. The topological polar surface area (TPSA) is 176 Å². The lowest BCUT2D eigenvalue weighted by Crippen LogP contribution is -2.55.